The van der Waals surface area contributed by atoms with Crippen LogP contribution in [0, 0.1) is 5.41 Å². The van der Waals surface area contributed by atoms with Crippen molar-refractivity contribution in [2.45, 2.75) is 19.9 Å². The molecule has 0 saturated heterocycles. The molecule has 43 heavy (non-hydrogen) atoms. The van der Waals surface area contributed by atoms with Crippen LogP contribution < -0.4 is 31.0 Å². The molecule has 0 radical (unpaired) electrons. The second-order valence-electron chi connectivity index (χ2n) is 9.22. The number of benzene rings is 2. The van der Waals surface area contributed by atoms with E-state index < -0.39 is 23.5 Å². The standard InChI is InChI=1S/C29H32N8O6/c1-5-42-23-15-19(10-13-21(23)43-16-24(39)36(3)17(2)38)25(33-20-11-8-18(9-12-20)26(30)31)27-34-29(40)37(35-27)28-22(41-4)7-6-14-32-28/h6-15,25,33H,5,16H2,1-4H3,(H3,30,31)(H,34,35,40). The fourth-order valence-electron chi connectivity index (χ4n) is 4.04. The van der Waals surface area contributed by atoms with Gasteiger partial charge in [0.05, 0.1) is 13.7 Å². The van der Waals surface area contributed by atoms with Crippen LogP contribution in [0.4, 0.5) is 5.69 Å². The maximum atomic E-state index is 13.1. The van der Waals surface area contributed by atoms with Crippen molar-refractivity contribution in [3.63, 3.8) is 0 Å². The molecule has 224 valence electrons. The molecule has 0 aliphatic carbocycles. The van der Waals surface area contributed by atoms with Crippen molar-refractivity contribution in [3.8, 4) is 23.1 Å². The van der Waals surface area contributed by atoms with Crippen molar-refractivity contribution in [2.24, 2.45) is 5.73 Å². The van der Waals surface area contributed by atoms with E-state index in [9.17, 15) is 14.4 Å². The number of ether oxygens (including phenoxy) is 3. The van der Waals surface area contributed by atoms with E-state index in [1.807, 2.05) is 0 Å². The lowest BCUT2D eigenvalue weighted by Gasteiger charge is -2.21. The zero-order valence-electron chi connectivity index (χ0n) is 24.1. The summed E-state index contributed by atoms with van der Waals surface area (Å²) in [5.74, 6) is 0.459. The first-order valence-electron chi connectivity index (χ1n) is 13.2. The molecule has 2 aromatic carbocycles. The summed E-state index contributed by atoms with van der Waals surface area (Å²) < 4.78 is 18.0. The minimum absolute atomic E-state index is 0.0691. The highest BCUT2D eigenvalue weighted by Gasteiger charge is 2.24. The van der Waals surface area contributed by atoms with Crippen molar-refractivity contribution in [2.75, 3.05) is 32.7 Å². The van der Waals surface area contributed by atoms with Crippen molar-refractivity contribution in [3.05, 3.63) is 88.2 Å². The Kier molecular flexibility index (Phi) is 9.40. The molecule has 14 heteroatoms. The van der Waals surface area contributed by atoms with Gasteiger partial charge in [-0.25, -0.2) is 9.78 Å². The van der Waals surface area contributed by atoms with Gasteiger partial charge in [0.15, 0.2) is 29.7 Å². The first-order valence-corrected chi connectivity index (χ1v) is 13.2. The van der Waals surface area contributed by atoms with Gasteiger partial charge >= 0.3 is 5.69 Å². The number of nitrogen functional groups attached to an aromatic ring is 1. The molecule has 1 atom stereocenters. The summed E-state index contributed by atoms with van der Waals surface area (Å²) >= 11 is 0. The van der Waals surface area contributed by atoms with Crippen LogP contribution in [0.15, 0.2) is 65.6 Å². The van der Waals surface area contributed by atoms with Gasteiger partial charge in [-0.05, 0) is 61.0 Å². The maximum Gasteiger partial charge on any atom is 0.349 e. The summed E-state index contributed by atoms with van der Waals surface area (Å²) in [5.41, 5.74) is 6.90. The molecule has 0 aliphatic heterocycles. The summed E-state index contributed by atoms with van der Waals surface area (Å²) in [6.45, 7) is 3.02. The maximum absolute atomic E-state index is 13.1. The van der Waals surface area contributed by atoms with Crippen LogP contribution in [-0.2, 0) is 9.59 Å². The Balaban J connectivity index is 1.75. The number of likely N-dealkylation sites (N-methyl/N-ethyl adjacent to an activating group) is 1. The average Bonchev–Trinajstić information content (AvgIpc) is 3.39. The third-order valence-corrected chi connectivity index (χ3v) is 6.39. The Hall–Kier alpha value is -5.66. The minimum atomic E-state index is -0.717. The van der Waals surface area contributed by atoms with E-state index in [2.05, 4.69) is 20.4 Å². The van der Waals surface area contributed by atoms with Gasteiger partial charge in [0.2, 0.25) is 11.7 Å². The molecule has 4 aromatic rings. The highest BCUT2D eigenvalue weighted by molar-refractivity contribution is 5.95. The van der Waals surface area contributed by atoms with Gasteiger partial charge in [0.1, 0.15) is 11.9 Å². The largest absolute Gasteiger partial charge is 0.493 e. The Morgan fingerprint density at radius 1 is 1.12 bits per heavy atom. The molecule has 14 nitrogen and oxygen atoms in total. The van der Waals surface area contributed by atoms with E-state index in [0.717, 1.165) is 9.58 Å². The third-order valence-electron chi connectivity index (χ3n) is 6.39. The number of amides is 2. The van der Waals surface area contributed by atoms with E-state index >= 15 is 0 Å². The number of amidine groups is 1. The number of methoxy groups -OCH3 is 1. The summed E-state index contributed by atoms with van der Waals surface area (Å²) in [4.78, 5) is 44.9. The molecule has 0 saturated carbocycles. The van der Waals surface area contributed by atoms with Crippen LogP contribution >= 0.6 is 0 Å². The van der Waals surface area contributed by atoms with Gasteiger partial charge in [0.25, 0.3) is 5.91 Å². The number of pyridine rings is 1. The van der Waals surface area contributed by atoms with Crippen molar-refractivity contribution in [1.29, 1.82) is 5.41 Å². The summed E-state index contributed by atoms with van der Waals surface area (Å²) in [5, 5.41) is 15.6. The fraction of sp³-hybridized carbons (Fsp3) is 0.241. The number of aromatic nitrogens is 4. The van der Waals surface area contributed by atoms with Crippen LogP contribution in [0.5, 0.6) is 17.2 Å². The summed E-state index contributed by atoms with van der Waals surface area (Å²) in [6, 6.07) is 14.6. The molecule has 2 amide bonds. The van der Waals surface area contributed by atoms with E-state index in [1.165, 1.54) is 27.3 Å². The lowest BCUT2D eigenvalue weighted by molar-refractivity contribution is -0.143. The van der Waals surface area contributed by atoms with Gasteiger partial charge in [-0.2, -0.15) is 4.68 Å². The van der Waals surface area contributed by atoms with E-state index in [0.29, 0.717) is 34.9 Å². The number of anilines is 1. The van der Waals surface area contributed by atoms with Crippen molar-refractivity contribution in [1.82, 2.24) is 24.6 Å². The third kappa shape index (κ3) is 6.98. The normalized spacial score (nSPS) is 11.3. The zero-order chi connectivity index (χ0) is 31.1. The van der Waals surface area contributed by atoms with Crippen LogP contribution in [0.1, 0.15) is 36.8 Å². The number of carbonyl (C=O) groups excluding carboxylic acids is 2. The number of imide groups is 1. The SMILES string of the molecule is CCOc1cc(C(Nc2ccc(C(=N)N)cc2)c2nn(-c3ncccc3OC)c(=O)[nH]2)ccc1OCC(=O)N(C)C(C)=O. The summed E-state index contributed by atoms with van der Waals surface area (Å²) in [7, 11) is 2.85. The van der Waals surface area contributed by atoms with Gasteiger partial charge in [0, 0.05) is 31.4 Å². The molecule has 1 unspecified atom stereocenters. The number of nitrogens with one attached hydrogen (secondary N) is 3. The lowest BCUT2D eigenvalue weighted by Crippen LogP contribution is -2.34. The van der Waals surface area contributed by atoms with Crippen LogP contribution in [0.25, 0.3) is 5.82 Å². The summed E-state index contributed by atoms with van der Waals surface area (Å²) in [6.07, 6.45) is 1.52. The number of nitrogens with two attached hydrogens (primary N) is 1. The van der Waals surface area contributed by atoms with Crippen molar-refractivity contribution < 1.29 is 23.8 Å². The fourth-order valence-corrected chi connectivity index (χ4v) is 4.04. The smallest absolute Gasteiger partial charge is 0.349 e. The molecular weight excluding hydrogens is 556 g/mol. The lowest BCUT2D eigenvalue weighted by atomic mass is 10.0. The topological polar surface area (TPSA) is 191 Å². The molecule has 0 fully saturated rings. The second-order valence-corrected chi connectivity index (χ2v) is 9.22. The molecular formula is C29H32N8O6. The zero-order valence-corrected chi connectivity index (χ0v) is 24.1. The van der Waals surface area contributed by atoms with E-state index in [-0.39, 0.29) is 29.8 Å². The first-order chi connectivity index (χ1) is 20.6. The molecule has 5 N–H and O–H groups in total. The Bertz CT molecular complexity index is 1680. The Morgan fingerprint density at radius 3 is 2.51 bits per heavy atom. The number of carbonyl (C=O) groups is 2. The van der Waals surface area contributed by atoms with E-state index in [4.69, 9.17) is 25.4 Å². The predicted octanol–water partition coefficient (Wildman–Crippen LogP) is 2.23. The van der Waals surface area contributed by atoms with Gasteiger partial charge < -0.3 is 25.3 Å². The number of nitrogens with zero attached hydrogens (tertiary/aromatic N) is 4. The number of rotatable bonds is 12. The van der Waals surface area contributed by atoms with Crippen molar-refractivity contribution >= 4 is 23.3 Å². The molecule has 2 heterocycles. The monoisotopic (exact) mass is 588 g/mol. The second kappa shape index (κ2) is 13.3. The molecule has 2 aromatic heterocycles. The Morgan fingerprint density at radius 2 is 1.86 bits per heavy atom. The highest BCUT2D eigenvalue weighted by Crippen LogP contribution is 2.34. The van der Waals surface area contributed by atoms with Gasteiger partial charge in [-0.1, -0.05) is 6.07 Å². The molecule has 4 rings (SSSR count). The minimum Gasteiger partial charge on any atom is -0.493 e. The number of hydrogen-bond acceptors (Lipinski definition) is 10. The van der Waals surface area contributed by atoms with Gasteiger partial charge in [-0.3, -0.25) is 24.9 Å². The molecule has 0 spiro atoms. The van der Waals surface area contributed by atoms with Gasteiger partial charge in [-0.15, -0.1) is 5.10 Å². The number of H-pyrrole nitrogens is 1. The van der Waals surface area contributed by atoms with Crippen LogP contribution in [0.2, 0.25) is 0 Å². The first kappa shape index (κ1) is 30.3. The predicted molar refractivity (Wildman–Crippen MR) is 158 cm³/mol. The number of hydrogen-bond donors (Lipinski definition) is 4. The average molecular weight is 589 g/mol. The van der Waals surface area contributed by atoms with Crippen LogP contribution in [-0.4, -0.2) is 69.7 Å². The van der Waals surface area contributed by atoms with E-state index in [1.54, 1.807) is 61.5 Å². The van der Waals surface area contributed by atoms with Crippen LogP contribution in [0.3, 0.4) is 0 Å². The highest BCUT2D eigenvalue weighted by atomic mass is 16.5. The number of aromatic amines is 1. The Labute approximate surface area is 246 Å². The molecule has 0 bridgehead atoms. The molecule has 0 aliphatic rings. The quantitative estimate of drug-likeness (QED) is 0.141.